The van der Waals surface area contributed by atoms with Gasteiger partial charge in [0.25, 0.3) is 0 Å². The molecule has 0 atom stereocenters. The Morgan fingerprint density at radius 2 is 1.78 bits per heavy atom. The second kappa shape index (κ2) is 8.75. The fraction of sp³-hybridized carbons (Fsp3) is 0.238. The summed E-state index contributed by atoms with van der Waals surface area (Å²) < 4.78 is 64.2. The van der Waals surface area contributed by atoms with Crippen LogP contribution in [0.5, 0.6) is 0 Å². The van der Waals surface area contributed by atoms with Crippen LogP contribution in [0, 0.1) is 6.92 Å². The number of alkyl halides is 3. The SMILES string of the molecule is CCc1ccccc1CC(=O)Nc1ccc(-n2nc(C(F)(F)F)cc2C)c(S(N)(=O)=O)c1. The highest BCUT2D eigenvalue weighted by atomic mass is 32.2. The lowest BCUT2D eigenvalue weighted by Gasteiger charge is -2.13. The third kappa shape index (κ3) is 5.17. The number of nitrogens with two attached hydrogens (primary N) is 1. The molecule has 11 heteroatoms. The lowest BCUT2D eigenvalue weighted by Crippen LogP contribution is -2.19. The molecule has 0 spiro atoms. The van der Waals surface area contributed by atoms with Crippen LogP contribution in [0.3, 0.4) is 0 Å². The largest absolute Gasteiger partial charge is 0.435 e. The molecule has 170 valence electrons. The molecular formula is C21H21F3N4O3S. The highest BCUT2D eigenvalue weighted by Crippen LogP contribution is 2.31. The van der Waals surface area contributed by atoms with Crippen molar-refractivity contribution in [1.29, 1.82) is 0 Å². The molecular weight excluding hydrogens is 445 g/mol. The third-order valence-electron chi connectivity index (χ3n) is 4.81. The maximum absolute atomic E-state index is 13.0. The van der Waals surface area contributed by atoms with Gasteiger partial charge in [-0.25, -0.2) is 18.2 Å². The van der Waals surface area contributed by atoms with E-state index in [-0.39, 0.29) is 29.4 Å². The van der Waals surface area contributed by atoms with E-state index in [1.807, 2.05) is 31.2 Å². The molecule has 0 aliphatic heterocycles. The predicted octanol–water partition coefficient (Wildman–Crippen LogP) is 3.59. The van der Waals surface area contributed by atoms with E-state index in [4.69, 9.17) is 5.14 Å². The van der Waals surface area contributed by atoms with Crippen LogP contribution in [0.2, 0.25) is 0 Å². The predicted molar refractivity (Wildman–Crippen MR) is 113 cm³/mol. The molecule has 0 saturated carbocycles. The highest BCUT2D eigenvalue weighted by molar-refractivity contribution is 7.89. The van der Waals surface area contributed by atoms with E-state index in [9.17, 15) is 26.4 Å². The number of anilines is 1. The first kappa shape index (κ1) is 23.5. The van der Waals surface area contributed by atoms with E-state index in [1.165, 1.54) is 19.1 Å². The zero-order valence-electron chi connectivity index (χ0n) is 17.3. The van der Waals surface area contributed by atoms with Crippen LogP contribution in [0.25, 0.3) is 5.69 Å². The topological polar surface area (TPSA) is 107 Å². The van der Waals surface area contributed by atoms with E-state index < -0.39 is 26.8 Å². The van der Waals surface area contributed by atoms with Gasteiger partial charge in [-0.05, 0) is 48.7 Å². The summed E-state index contributed by atoms with van der Waals surface area (Å²) in [6.45, 7) is 3.32. The number of halogens is 3. The number of hydrogen-bond acceptors (Lipinski definition) is 4. The lowest BCUT2D eigenvalue weighted by molar-refractivity contribution is -0.141. The zero-order chi connectivity index (χ0) is 23.7. The van der Waals surface area contributed by atoms with E-state index >= 15 is 0 Å². The molecule has 0 saturated heterocycles. The first-order valence-electron chi connectivity index (χ1n) is 9.58. The summed E-state index contributed by atoms with van der Waals surface area (Å²) in [6.07, 6.45) is -3.87. The molecule has 1 aromatic heterocycles. The second-order valence-corrected chi connectivity index (χ2v) is 8.69. The molecule has 3 rings (SSSR count). The molecule has 0 aliphatic carbocycles. The number of primary sulfonamides is 1. The van der Waals surface area contributed by atoms with Crippen LogP contribution < -0.4 is 10.5 Å². The van der Waals surface area contributed by atoms with Crippen molar-refractivity contribution in [2.75, 3.05) is 5.32 Å². The van der Waals surface area contributed by atoms with Gasteiger partial charge in [0.1, 0.15) is 4.90 Å². The van der Waals surface area contributed by atoms with Crippen molar-refractivity contribution in [1.82, 2.24) is 9.78 Å². The van der Waals surface area contributed by atoms with Crippen LogP contribution in [0.1, 0.15) is 29.4 Å². The molecule has 0 fully saturated rings. The molecule has 32 heavy (non-hydrogen) atoms. The molecule has 3 aromatic rings. The minimum Gasteiger partial charge on any atom is -0.326 e. The molecule has 0 bridgehead atoms. The van der Waals surface area contributed by atoms with Crippen molar-refractivity contribution in [3.63, 3.8) is 0 Å². The van der Waals surface area contributed by atoms with Gasteiger partial charge in [0, 0.05) is 11.4 Å². The minimum absolute atomic E-state index is 0.0650. The van der Waals surface area contributed by atoms with Crippen molar-refractivity contribution < 1.29 is 26.4 Å². The third-order valence-corrected chi connectivity index (χ3v) is 5.75. The average Bonchev–Trinajstić information content (AvgIpc) is 3.09. The Balaban J connectivity index is 1.94. The second-order valence-electron chi connectivity index (χ2n) is 7.16. The van der Waals surface area contributed by atoms with Gasteiger partial charge >= 0.3 is 6.18 Å². The Morgan fingerprint density at radius 1 is 1.12 bits per heavy atom. The van der Waals surface area contributed by atoms with Crippen LogP contribution in [-0.4, -0.2) is 24.1 Å². The highest BCUT2D eigenvalue weighted by Gasteiger charge is 2.35. The number of rotatable bonds is 6. The summed E-state index contributed by atoms with van der Waals surface area (Å²) in [5.74, 6) is -0.381. The van der Waals surface area contributed by atoms with Crippen LogP contribution in [-0.2, 0) is 33.8 Å². The van der Waals surface area contributed by atoms with Crippen molar-refractivity contribution in [2.24, 2.45) is 5.14 Å². The van der Waals surface area contributed by atoms with Gasteiger partial charge in [-0.2, -0.15) is 18.3 Å². The number of nitrogens with one attached hydrogen (secondary N) is 1. The number of aryl methyl sites for hydroxylation is 2. The molecule has 7 nitrogen and oxygen atoms in total. The Kier molecular flexibility index (Phi) is 6.42. The molecule has 2 aromatic carbocycles. The van der Waals surface area contributed by atoms with Gasteiger partial charge in [0.15, 0.2) is 5.69 Å². The fourth-order valence-electron chi connectivity index (χ4n) is 3.30. The van der Waals surface area contributed by atoms with Gasteiger partial charge < -0.3 is 5.32 Å². The molecule has 1 heterocycles. The lowest BCUT2D eigenvalue weighted by atomic mass is 10.0. The van der Waals surface area contributed by atoms with E-state index in [0.29, 0.717) is 0 Å². The number of sulfonamides is 1. The van der Waals surface area contributed by atoms with Gasteiger partial charge in [-0.15, -0.1) is 0 Å². The number of amides is 1. The molecule has 0 unspecified atom stereocenters. The quantitative estimate of drug-likeness (QED) is 0.579. The number of benzene rings is 2. The zero-order valence-corrected chi connectivity index (χ0v) is 18.1. The van der Waals surface area contributed by atoms with Gasteiger partial charge in [-0.1, -0.05) is 31.2 Å². The maximum atomic E-state index is 13.0. The summed E-state index contributed by atoms with van der Waals surface area (Å²) in [6, 6.07) is 12.0. The van der Waals surface area contributed by atoms with Gasteiger partial charge in [-0.3, -0.25) is 4.79 Å². The number of aromatic nitrogens is 2. The van der Waals surface area contributed by atoms with Crippen LogP contribution in [0.15, 0.2) is 53.4 Å². The van der Waals surface area contributed by atoms with Gasteiger partial charge in [0.2, 0.25) is 15.9 Å². The molecule has 3 N–H and O–H groups in total. The summed E-state index contributed by atoms with van der Waals surface area (Å²) in [4.78, 5) is 12.0. The van der Waals surface area contributed by atoms with E-state index in [1.54, 1.807) is 0 Å². The Bertz CT molecular complexity index is 1270. The molecule has 0 radical (unpaired) electrons. The van der Waals surface area contributed by atoms with Crippen LogP contribution >= 0.6 is 0 Å². The maximum Gasteiger partial charge on any atom is 0.435 e. The minimum atomic E-state index is -4.69. The normalized spacial score (nSPS) is 12.1. The monoisotopic (exact) mass is 466 g/mol. The molecule has 0 aliphatic rings. The Morgan fingerprint density at radius 3 is 2.34 bits per heavy atom. The van der Waals surface area contributed by atoms with Gasteiger partial charge in [0.05, 0.1) is 12.1 Å². The van der Waals surface area contributed by atoms with Crippen molar-refractivity contribution in [2.45, 2.75) is 37.8 Å². The van der Waals surface area contributed by atoms with Crippen molar-refractivity contribution >= 4 is 21.6 Å². The summed E-state index contributed by atoms with van der Waals surface area (Å²) >= 11 is 0. The first-order valence-corrected chi connectivity index (χ1v) is 11.1. The number of carbonyl (C=O) groups excluding carboxylic acids is 1. The van der Waals surface area contributed by atoms with Crippen LogP contribution in [0.4, 0.5) is 18.9 Å². The number of hydrogen-bond donors (Lipinski definition) is 2. The Labute approximate surface area is 183 Å². The number of nitrogens with zero attached hydrogens (tertiary/aromatic N) is 2. The summed E-state index contributed by atoms with van der Waals surface area (Å²) in [7, 11) is -4.35. The van der Waals surface area contributed by atoms with Crippen molar-refractivity contribution in [3.8, 4) is 5.69 Å². The van der Waals surface area contributed by atoms with Crippen molar-refractivity contribution in [3.05, 3.63) is 71.0 Å². The standard InChI is InChI=1S/C21H21F3N4O3S/c1-3-14-6-4-5-7-15(14)11-20(29)26-16-8-9-17(18(12-16)32(25,30)31)28-13(2)10-19(27-28)21(22,23)24/h4-10,12H,3,11H2,1-2H3,(H,26,29)(H2,25,30,31). The smallest absolute Gasteiger partial charge is 0.326 e. The summed E-state index contributed by atoms with van der Waals surface area (Å²) in [5.41, 5.74) is 0.727. The van der Waals surface area contributed by atoms with E-state index in [0.717, 1.165) is 34.4 Å². The molecule has 1 amide bonds. The Hall–Kier alpha value is -3.18. The fourth-order valence-corrected chi connectivity index (χ4v) is 4.04. The van der Waals surface area contributed by atoms with E-state index in [2.05, 4.69) is 10.4 Å². The average molecular weight is 466 g/mol. The number of carbonyl (C=O) groups is 1. The first-order chi connectivity index (χ1) is 14.9. The summed E-state index contributed by atoms with van der Waals surface area (Å²) in [5, 5.41) is 11.4.